The van der Waals surface area contributed by atoms with E-state index >= 15 is 0 Å². The maximum Gasteiger partial charge on any atom is 0.239 e. The highest BCUT2D eigenvalue weighted by Crippen LogP contribution is 2.27. The van der Waals surface area contributed by atoms with Gasteiger partial charge in [0.25, 0.3) is 0 Å². The Morgan fingerprint density at radius 3 is 2.58 bits per heavy atom. The van der Waals surface area contributed by atoms with Crippen LogP contribution in [-0.4, -0.2) is 48.9 Å². The average molecular weight is 353 g/mol. The molecule has 0 aliphatic carbocycles. The molecule has 1 unspecified atom stereocenters. The Bertz CT molecular complexity index is 527. The van der Waals surface area contributed by atoms with E-state index in [-0.39, 0.29) is 30.3 Å². The second kappa shape index (κ2) is 9.15. The van der Waals surface area contributed by atoms with E-state index in [1.165, 1.54) is 17.7 Å². The predicted molar refractivity (Wildman–Crippen MR) is 96.7 cm³/mol. The van der Waals surface area contributed by atoms with Crippen LogP contribution >= 0.6 is 11.3 Å². The number of carbonyl (C=O) groups is 2. The summed E-state index contributed by atoms with van der Waals surface area (Å²) in [4.78, 5) is 27.5. The molecular weight excluding hydrogens is 324 g/mol. The molecule has 2 amide bonds. The number of nitrogens with zero attached hydrogens (tertiary/aromatic N) is 1. The van der Waals surface area contributed by atoms with E-state index in [1.54, 1.807) is 11.3 Å². The van der Waals surface area contributed by atoms with Gasteiger partial charge in [0.1, 0.15) is 0 Å². The predicted octanol–water partition coefficient (Wildman–Crippen LogP) is 1.10. The van der Waals surface area contributed by atoms with Gasteiger partial charge < -0.3 is 16.4 Å². The lowest BCUT2D eigenvalue weighted by Crippen LogP contribution is -2.48. The van der Waals surface area contributed by atoms with Gasteiger partial charge in [-0.05, 0) is 43.3 Å². The third kappa shape index (κ3) is 5.29. The Morgan fingerprint density at radius 2 is 2.00 bits per heavy atom. The first-order valence-corrected chi connectivity index (χ1v) is 9.44. The van der Waals surface area contributed by atoms with Crippen LogP contribution in [-0.2, 0) is 9.59 Å². The molecular formula is C17H28N4O2S. The van der Waals surface area contributed by atoms with E-state index in [2.05, 4.69) is 27.0 Å². The Hall–Kier alpha value is -1.44. The lowest BCUT2D eigenvalue weighted by atomic mass is 10.1. The Kier molecular flexibility index (Phi) is 7.20. The van der Waals surface area contributed by atoms with Crippen molar-refractivity contribution < 1.29 is 9.59 Å². The normalized spacial score (nSPS) is 17.7. The van der Waals surface area contributed by atoms with Crippen molar-refractivity contribution in [2.45, 2.75) is 38.8 Å². The molecule has 2 atom stereocenters. The number of rotatable bonds is 8. The Balaban J connectivity index is 1.81. The summed E-state index contributed by atoms with van der Waals surface area (Å²) < 4.78 is 0. The van der Waals surface area contributed by atoms with E-state index in [0.717, 1.165) is 13.1 Å². The van der Waals surface area contributed by atoms with Gasteiger partial charge in [-0.3, -0.25) is 14.5 Å². The maximum atomic E-state index is 12.0. The molecule has 1 aromatic rings. The molecule has 7 heteroatoms. The molecule has 1 aliphatic heterocycles. The minimum atomic E-state index is -0.582. The van der Waals surface area contributed by atoms with Crippen LogP contribution in [0.1, 0.15) is 37.6 Å². The standard InChI is InChI=1S/C17H28N4O2S/c1-12(2)16(18)17(23)20-11-15(22)19-10-13(14-6-5-9-24-14)21-7-3-4-8-21/h5-6,9,12-13,16H,3-4,7-8,10-11,18H2,1-2H3,(H,19,22)(H,20,23)/t13?,16-/m0/s1. The quantitative estimate of drug-likeness (QED) is 0.654. The molecule has 0 saturated carbocycles. The minimum absolute atomic E-state index is 0.0313. The first-order chi connectivity index (χ1) is 11.5. The number of likely N-dealkylation sites (tertiary alicyclic amines) is 1. The fraction of sp³-hybridized carbons (Fsp3) is 0.647. The number of hydrogen-bond donors (Lipinski definition) is 3. The van der Waals surface area contributed by atoms with Crippen molar-refractivity contribution in [3.8, 4) is 0 Å². The summed E-state index contributed by atoms with van der Waals surface area (Å²) in [5, 5.41) is 7.61. The number of nitrogens with two attached hydrogens (primary N) is 1. The van der Waals surface area contributed by atoms with E-state index < -0.39 is 6.04 Å². The minimum Gasteiger partial charge on any atom is -0.353 e. The van der Waals surface area contributed by atoms with Crippen LogP contribution in [0.4, 0.5) is 0 Å². The average Bonchev–Trinajstić information content (AvgIpc) is 3.25. The van der Waals surface area contributed by atoms with Gasteiger partial charge in [-0.15, -0.1) is 11.3 Å². The SMILES string of the molecule is CC(C)[C@H](N)C(=O)NCC(=O)NCC(c1cccs1)N1CCCC1. The van der Waals surface area contributed by atoms with Crippen LogP contribution in [0.3, 0.4) is 0 Å². The molecule has 2 heterocycles. The fourth-order valence-electron chi connectivity index (χ4n) is 2.80. The topological polar surface area (TPSA) is 87.5 Å². The van der Waals surface area contributed by atoms with E-state index in [4.69, 9.17) is 5.73 Å². The maximum absolute atomic E-state index is 12.0. The van der Waals surface area contributed by atoms with Crippen LogP contribution in [0, 0.1) is 5.92 Å². The summed E-state index contributed by atoms with van der Waals surface area (Å²) >= 11 is 1.72. The van der Waals surface area contributed by atoms with Gasteiger partial charge in [0.2, 0.25) is 11.8 Å². The van der Waals surface area contributed by atoms with Gasteiger partial charge in [-0.1, -0.05) is 19.9 Å². The van der Waals surface area contributed by atoms with Gasteiger partial charge in [-0.25, -0.2) is 0 Å². The molecule has 24 heavy (non-hydrogen) atoms. The highest BCUT2D eigenvalue weighted by molar-refractivity contribution is 7.10. The van der Waals surface area contributed by atoms with Crippen LogP contribution < -0.4 is 16.4 Å². The number of carbonyl (C=O) groups excluding carboxylic acids is 2. The summed E-state index contributed by atoms with van der Waals surface area (Å²) in [6.07, 6.45) is 2.41. The van der Waals surface area contributed by atoms with Crippen molar-refractivity contribution in [1.29, 1.82) is 0 Å². The van der Waals surface area contributed by atoms with Gasteiger partial charge in [0.15, 0.2) is 0 Å². The second-order valence-corrected chi connectivity index (χ2v) is 7.55. The molecule has 1 fully saturated rings. The van der Waals surface area contributed by atoms with E-state index in [1.807, 2.05) is 19.9 Å². The van der Waals surface area contributed by atoms with Gasteiger partial charge in [-0.2, -0.15) is 0 Å². The first-order valence-electron chi connectivity index (χ1n) is 8.56. The molecule has 1 aromatic heterocycles. The number of amides is 2. The van der Waals surface area contributed by atoms with Gasteiger partial charge >= 0.3 is 0 Å². The largest absolute Gasteiger partial charge is 0.353 e. The molecule has 4 N–H and O–H groups in total. The van der Waals surface area contributed by atoms with Crippen molar-refractivity contribution in [2.75, 3.05) is 26.2 Å². The lowest BCUT2D eigenvalue weighted by Gasteiger charge is -2.27. The van der Waals surface area contributed by atoms with Crippen molar-refractivity contribution >= 4 is 23.2 Å². The van der Waals surface area contributed by atoms with E-state index in [0.29, 0.717) is 6.54 Å². The molecule has 2 rings (SSSR count). The highest BCUT2D eigenvalue weighted by atomic mass is 32.1. The Morgan fingerprint density at radius 1 is 1.29 bits per heavy atom. The van der Waals surface area contributed by atoms with Crippen LogP contribution in [0.15, 0.2) is 17.5 Å². The zero-order valence-electron chi connectivity index (χ0n) is 14.5. The summed E-state index contributed by atoms with van der Waals surface area (Å²) in [7, 11) is 0. The summed E-state index contributed by atoms with van der Waals surface area (Å²) in [5.74, 6) is -0.416. The summed E-state index contributed by atoms with van der Waals surface area (Å²) in [5.41, 5.74) is 5.77. The number of nitrogens with one attached hydrogen (secondary N) is 2. The fourth-order valence-corrected chi connectivity index (χ4v) is 3.67. The summed E-state index contributed by atoms with van der Waals surface area (Å²) in [6.45, 7) is 6.43. The Labute approximate surface area is 147 Å². The molecule has 0 spiro atoms. The van der Waals surface area contributed by atoms with Gasteiger partial charge in [0, 0.05) is 11.4 Å². The van der Waals surface area contributed by atoms with Gasteiger partial charge in [0.05, 0.1) is 18.6 Å². The molecule has 1 aliphatic rings. The van der Waals surface area contributed by atoms with Crippen molar-refractivity contribution in [2.24, 2.45) is 11.7 Å². The molecule has 0 bridgehead atoms. The zero-order chi connectivity index (χ0) is 17.5. The third-order valence-electron chi connectivity index (χ3n) is 4.39. The molecule has 1 saturated heterocycles. The highest BCUT2D eigenvalue weighted by Gasteiger charge is 2.25. The van der Waals surface area contributed by atoms with Crippen LogP contribution in [0.25, 0.3) is 0 Å². The van der Waals surface area contributed by atoms with Crippen molar-refractivity contribution in [1.82, 2.24) is 15.5 Å². The third-order valence-corrected chi connectivity index (χ3v) is 5.36. The van der Waals surface area contributed by atoms with Crippen molar-refractivity contribution in [3.63, 3.8) is 0 Å². The molecule has 134 valence electrons. The monoisotopic (exact) mass is 352 g/mol. The number of thiophene rings is 1. The molecule has 6 nitrogen and oxygen atoms in total. The zero-order valence-corrected chi connectivity index (χ0v) is 15.3. The molecule has 0 aromatic carbocycles. The van der Waals surface area contributed by atoms with Crippen molar-refractivity contribution in [3.05, 3.63) is 22.4 Å². The second-order valence-electron chi connectivity index (χ2n) is 6.57. The van der Waals surface area contributed by atoms with E-state index in [9.17, 15) is 9.59 Å². The first kappa shape index (κ1) is 18.9. The lowest BCUT2D eigenvalue weighted by molar-refractivity contribution is -0.127. The van der Waals surface area contributed by atoms with Crippen LogP contribution in [0.5, 0.6) is 0 Å². The molecule has 0 radical (unpaired) electrons. The number of hydrogen-bond acceptors (Lipinski definition) is 5. The van der Waals surface area contributed by atoms with Crippen LogP contribution in [0.2, 0.25) is 0 Å². The summed E-state index contributed by atoms with van der Waals surface area (Å²) in [6, 6.07) is 3.79. The smallest absolute Gasteiger partial charge is 0.239 e.